The molecule has 3 heteroatoms. The summed E-state index contributed by atoms with van der Waals surface area (Å²) in [6.07, 6.45) is 9.15. The van der Waals surface area contributed by atoms with Crippen LogP contribution in [0.25, 0.3) is 0 Å². The molecule has 0 atom stereocenters. The monoisotopic (exact) mass is 192 g/mol. The second-order valence-corrected chi connectivity index (χ2v) is 3.95. The highest BCUT2D eigenvalue weighted by molar-refractivity contribution is 5.98. The summed E-state index contributed by atoms with van der Waals surface area (Å²) in [5, 5.41) is 3.08. The maximum absolute atomic E-state index is 11.7. The second-order valence-electron chi connectivity index (χ2n) is 3.95. The Morgan fingerprint density at radius 3 is 2.86 bits per heavy atom. The van der Waals surface area contributed by atoms with E-state index in [9.17, 15) is 4.79 Å². The molecule has 76 valence electrons. The highest BCUT2D eigenvalue weighted by Gasteiger charge is 2.19. The van der Waals surface area contributed by atoms with Crippen LogP contribution in [0.2, 0.25) is 0 Å². The highest BCUT2D eigenvalue weighted by Crippen LogP contribution is 2.18. The van der Waals surface area contributed by atoms with E-state index in [4.69, 9.17) is 0 Å². The Morgan fingerprint density at radius 2 is 2.21 bits per heavy atom. The molecule has 0 radical (unpaired) electrons. The van der Waals surface area contributed by atoms with Gasteiger partial charge in [-0.2, -0.15) is 0 Å². The summed E-state index contributed by atoms with van der Waals surface area (Å²) in [7, 11) is 0. The fraction of sp³-hybridized carbons (Fsp3) is 0.636. The van der Waals surface area contributed by atoms with Gasteiger partial charge >= 0.3 is 0 Å². The second kappa shape index (κ2) is 4.40. The number of hydrogen-bond acceptors (Lipinski definition) is 2. The lowest BCUT2D eigenvalue weighted by atomic mass is 10.1. The van der Waals surface area contributed by atoms with Gasteiger partial charge in [0.05, 0.1) is 0 Å². The van der Waals surface area contributed by atoms with E-state index >= 15 is 0 Å². The molecule has 0 unspecified atom stereocenters. The maximum atomic E-state index is 11.7. The van der Waals surface area contributed by atoms with Gasteiger partial charge in [0.1, 0.15) is 0 Å². The molecule has 0 aromatic rings. The molecule has 0 aromatic heterocycles. The fourth-order valence-electron chi connectivity index (χ4n) is 2.02. The summed E-state index contributed by atoms with van der Waals surface area (Å²) < 4.78 is 0. The number of carbonyl (C=O) groups is 1. The lowest BCUT2D eigenvalue weighted by Gasteiger charge is -2.14. The average Bonchev–Trinajstić information content (AvgIpc) is 2.72. The molecule has 1 saturated carbocycles. The Balaban J connectivity index is 1.88. The van der Waals surface area contributed by atoms with Crippen molar-refractivity contribution in [2.45, 2.75) is 38.1 Å². The first kappa shape index (κ1) is 9.44. The molecule has 0 aromatic carbocycles. The van der Waals surface area contributed by atoms with Crippen LogP contribution >= 0.6 is 0 Å². The number of dihydropyridines is 1. The standard InChI is InChI=1S/C11H16N2O/c14-11(9-5-7-12-8-6-9)13-10-3-1-2-4-10/h5,7,10H,1-4,6,8H2,(H,13,14). The van der Waals surface area contributed by atoms with Crippen LogP contribution in [0.3, 0.4) is 0 Å². The smallest absolute Gasteiger partial charge is 0.247 e. The van der Waals surface area contributed by atoms with E-state index in [1.165, 1.54) is 12.8 Å². The van der Waals surface area contributed by atoms with E-state index in [2.05, 4.69) is 10.3 Å². The predicted octanol–water partition coefficient (Wildman–Crippen LogP) is 1.45. The van der Waals surface area contributed by atoms with Crippen LogP contribution in [-0.4, -0.2) is 24.7 Å². The van der Waals surface area contributed by atoms with Gasteiger partial charge in [-0.1, -0.05) is 12.8 Å². The highest BCUT2D eigenvalue weighted by atomic mass is 16.1. The van der Waals surface area contributed by atoms with Gasteiger partial charge in [-0.3, -0.25) is 9.79 Å². The molecule has 1 fully saturated rings. The third kappa shape index (κ3) is 2.22. The molecule has 1 amide bonds. The van der Waals surface area contributed by atoms with E-state index in [1.54, 1.807) is 6.21 Å². The molecule has 0 bridgehead atoms. The van der Waals surface area contributed by atoms with Crippen molar-refractivity contribution in [1.82, 2.24) is 5.32 Å². The molecule has 1 heterocycles. The van der Waals surface area contributed by atoms with Crippen LogP contribution in [0.4, 0.5) is 0 Å². The lowest BCUT2D eigenvalue weighted by molar-refractivity contribution is -0.118. The van der Waals surface area contributed by atoms with Crippen LogP contribution in [-0.2, 0) is 4.79 Å². The van der Waals surface area contributed by atoms with Gasteiger partial charge in [0, 0.05) is 24.4 Å². The minimum Gasteiger partial charge on any atom is -0.350 e. The molecule has 0 spiro atoms. The normalized spacial score (nSPS) is 22.1. The predicted molar refractivity (Wildman–Crippen MR) is 56.5 cm³/mol. The molecule has 0 saturated heterocycles. The summed E-state index contributed by atoms with van der Waals surface area (Å²) >= 11 is 0. The zero-order valence-electron chi connectivity index (χ0n) is 8.33. The Kier molecular flexibility index (Phi) is 2.96. The van der Waals surface area contributed by atoms with E-state index in [0.29, 0.717) is 6.04 Å². The third-order valence-electron chi connectivity index (χ3n) is 2.87. The van der Waals surface area contributed by atoms with Crippen molar-refractivity contribution in [3.05, 3.63) is 11.6 Å². The topological polar surface area (TPSA) is 41.5 Å². The largest absolute Gasteiger partial charge is 0.350 e. The number of nitrogens with zero attached hydrogens (tertiary/aromatic N) is 1. The van der Waals surface area contributed by atoms with Gasteiger partial charge in [-0.05, 0) is 25.3 Å². The Bertz CT molecular complexity index is 275. The van der Waals surface area contributed by atoms with E-state index in [0.717, 1.165) is 31.4 Å². The third-order valence-corrected chi connectivity index (χ3v) is 2.87. The van der Waals surface area contributed by atoms with Crippen molar-refractivity contribution in [3.8, 4) is 0 Å². The fourth-order valence-corrected chi connectivity index (χ4v) is 2.02. The molecule has 2 rings (SSSR count). The SMILES string of the molecule is O=C(NC1CCCC1)C1=CC=NCC1. The van der Waals surface area contributed by atoms with Gasteiger partial charge in [0.15, 0.2) is 0 Å². The first-order chi connectivity index (χ1) is 6.86. The number of rotatable bonds is 2. The number of carbonyl (C=O) groups excluding carboxylic acids is 1. The van der Waals surface area contributed by atoms with Gasteiger partial charge in [-0.15, -0.1) is 0 Å². The molecular formula is C11H16N2O. The van der Waals surface area contributed by atoms with Crippen molar-refractivity contribution in [1.29, 1.82) is 0 Å². The first-order valence-electron chi connectivity index (χ1n) is 5.36. The summed E-state index contributed by atoms with van der Waals surface area (Å²) in [4.78, 5) is 15.8. The zero-order valence-corrected chi connectivity index (χ0v) is 8.33. The molecule has 3 nitrogen and oxygen atoms in total. The molecule has 14 heavy (non-hydrogen) atoms. The van der Waals surface area contributed by atoms with Crippen molar-refractivity contribution in [2.24, 2.45) is 4.99 Å². The molecular weight excluding hydrogens is 176 g/mol. The molecule has 1 aliphatic carbocycles. The van der Waals surface area contributed by atoms with Gasteiger partial charge in [0.25, 0.3) is 0 Å². The zero-order chi connectivity index (χ0) is 9.80. The molecule has 1 aliphatic heterocycles. The maximum Gasteiger partial charge on any atom is 0.247 e. The van der Waals surface area contributed by atoms with E-state index in [1.807, 2.05) is 6.08 Å². The van der Waals surface area contributed by atoms with Crippen LogP contribution < -0.4 is 5.32 Å². The van der Waals surface area contributed by atoms with Gasteiger partial charge in [-0.25, -0.2) is 0 Å². The van der Waals surface area contributed by atoms with Crippen LogP contribution in [0.15, 0.2) is 16.6 Å². The first-order valence-corrected chi connectivity index (χ1v) is 5.36. The number of allylic oxidation sites excluding steroid dienone is 1. The summed E-state index contributed by atoms with van der Waals surface area (Å²) in [5.41, 5.74) is 0.881. The van der Waals surface area contributed by atoms with E-state index < -0.39 is 0 Å². The lowest BCUT2D eigenvalue weighted by Crippen LogP contribution is -2.34. The van der Waals surface area contributed by atoms with Crippen molar-refractivity contribution >= 4 is 12.1 Å². The van der Waals surface area contributed by atoms with Crippen LogP contribution in [0.5, 0.6) is 0 Å². The van der Waals surface area contributed by atoms with Crippen LogP contribution in [0, 0.1) is 0 Å². The van der Waals surface area contributed by atoms with Crippen LogP contribution in [0.1, 0.15) is 32.1 Å². The molecule has 2 aliphatic rings. The number of hydrogen-bond donors (Lipinski definition) is 1. The Morgan fingerprint density at radius 1 is 1.43 bits per heavy atom. The number of aliphatic imine (C=N–C) groups is 1. The summed E-state index contributed by atoms with van der Waals surface area (Å²) in [5.74, 6) is 0.114. The summed E-state index contributed by atoms with van der Waals surface area (Å²) in [6, 6.07) is 0.419. The van der Waals surface area contributed by atoms with E-state index in [-0.39, 0.29) is 5.91 Å². The minimum atomic E-state index is 0.114. The van der Waals surface area contributed by atoms with Crippen molar-refractivity contribution in [3.63, 3.8) is 0 Å². The van der Waals surface area contributed by atoms with Crippen molar-refractivity contribution in [2.75, 3.05) is 6.54 Å². The Hall–Kier alpha value is -1.12. The number of nitrogens with one attached hydrogen (secondary N) is 1. The number of amides is 1. The molecule has 1 N–H and O–H groups in total. The average molecular weight is 192 g/mol. The van der Waals surface area contributed by atoms with Gasteiger partial charge < -0.3 is 5.32 Å². The van der Waals surface area contributed by atoms with Crippen molar-refractivity contribution < 1.29 is 4.79 Å². The summed E-state index contributed by atoms with van der Waals surface area (Å²) in [6.45, 7) is 0.754. The minimum absolute atomic E-state index is 0.114. The van der Waals surface area contributed by atoms with Gasteiger partial charge in [0.2, 0.25) is 5.91 Å². The Labute approximate surface area is 84.3 Å². The quantitative estimate of drug-likeness (QED) is 0.706.